The number of thiazole rings is 1. The van der Waals surface area contributed by atoms with Gasteiger partial charge in [0.05, 0.1) is 4.92 Å². The third kappa shape index (κ3) is 3.79. The Morgan fingerprint density at radius 3 is 2.71 bits per heavy atom. The Morgan fingerprint density at radius 1 is 1.33 bits per heavy atom. The van der Waals surface area contributed by atoms with E-state index in [1.165, 1.54) is 0 Å². The van der Waals surface area contributed by atoms with Crippen molar-refractivity contribution in [2.24, 2.45) is 0 Å². The van der Waals surface area contributed by atoms with E-state index in [1.54, 1.807) is 17.5 Å². The van der Waals surface area contributed by atoms with Gasteiger partial charge in [-0.2, -0.15) is 4.39 Å². The molecule has 2 rings (SSSR count). The van der Waals surface area contributed by atoms with Gasteiger partial charge >= 0.3 is 5.69 Å². The molecule has 21 heavy (non-hydrogen) atoms. The van der Waals surface area contributed by atoms with E-state index >= 15 is 0 Å². The topological polar surface area (TPSA) is 68.1 Å². The van der Waals surface area contributed by atoms with Gasteiger partial charge in [-0.1, -0.05) is 6.92 Å². The van der Waals surface area contributed by atoms with Crippen molar-refractivity contribution >= 4 is 17.0 Å². The highest BCUT2D eigenvalue weighted by Gasteiger charge is 2.18. The van der Waals surface area contributed by atoms with Gasteiger partial charge in [-0.15, -0.1) is 11.3 Å². The first-order valence-corrected chi connectivity index (χ1v) is 7.09. The van der Waals surface area contributed by atoms with Gasteiger partial charge in [-0.25, -0.2) is 9.37 Å². The third-order valence-electron chi connectivity index (χ3n) is 2.85. The fraction of sp³-hybridized carbons (Fsp3) is 0.308. The minimum atomic E-state index is -1.17. The number of nitrogens with one attached hydrogen (secondary N) is 1. The summed E-state index contributed by atoms with van der Waals surface area (Å²) in [5.41, 5.74) is -0.675. The first-order chi connectivity index (χ1) is 10.0. The molecule has 2 aromatic rings. The van der Waals surface area contributed by atoms with Crippen LogP contribution in [0.5, 0.6) is 0 Å². The van der Waals surface area contributed by atoms with Gasteiger partial charge in [0.2, 0.25) is 5.82 Å². The van der Waals surface area contributed by atoms with Gasteiger partial charge in [0.15, 0.2) is 0 Å². The lowest BCUT2D eigenvalue weighted by Crippen LogP contribution is -2.14. The molecule has 0 amide bonds. The zero-order valence-electron chi connectivity index (χ0n) is 11.2. The lowest BCUT2D eigenvalue weighted by Gasteiger charge is -2.05. The summed E-state index contributed by atoms with van der Waals surface area (Å²) < 4.78 is 26.8. The highest BCUT2D eigenvalue weighted by Crippen LogP contribution is 2.21. The second-order valence-electron chi connectivity index (χ2n) is 4.33. The molecule has 112 valence electrons. The number of aryl methyl sites for hydroxylation is 1. The number of nitro groups is 1. The van der Waals surface area contributed by atoms with Crippen molar-refractivity contribution in [3.8, 4) is 0 Å². The molecular weight excluding hydrogens is 300 g/mol. The summed E-state index contributed by atoms with van der Waals surface area (Å²) in [5.74, 6) is -1.98. The average Bonchev–Trinajstić information content (AvgIpc) is 2.88. The van der Waals surface area contributed by atoms with Crippen molar-refractivity contribution in [3.05, 3.63) is 55.5 Å². The minimum absolute atomic E-state index is 0.0513. The zero-order chi connectivity index (χ0) is 15.4. The first kappa shape index (κ1) is 15.5. The van der Waals surface area contributed by atoms with E-state index in [-0.39, 0.29) is 12.1 Å². The van der Waals surface area contributed by atoms with Crippen LogP contribution in [0.3, 0.4) is 0 Å². The van der Waals surface area contributed by atoms with Crippen molar-refractivity contribution < 1.29 is 13.7 Å². The van der Waals surface area contributed by atoms with Crippen LogP contribution in [-0.2, 0) is 19.5 Å². The molecule has 5 nitrogen and oxygen atoms in total. The van der Waals surface area contributed by atoms with Crippen LogP contribution in [0.25, 0.3) is 0 Å². The Labute approximate surface area is 123 Å². The summed E-state index contributed by atoms with van der Waals surface area (Å²) in [5, 5.41) is 14.4. The summed E-state index contributed by atoms with van der Waals surface area (Å²) in [6, 6.07) is 1.45. The minimum Gasteiger partial charge on any atom is -0.306 e. The molecule has 0 saturated carbocycles. The maximum Gasteiger partial charge on any atom is 0.305 e. The highest BCUT2D eigenvalue weighted by molar-refractivity contribution is 7.11. The summed E-state index contributed by atoms with van der Waals surface area (Å²) >= 11 is 1.55. The number of benzene rings is 1. The maximum absolute atomic E-state index is 13.6. The number of nitrogens with zero attached hydrogens (tertiary/aromatic N) is 2. The Morgan fingerprint density at radius 2 is 2.10 bits per heavy atom. The van der Waals surface area contributed by atoms with Crippen LogP contribution in [0.2, 0.25) is 0 Å². The predicted octanol–water partition coefficient (Wildman–Crippen LogP) is 3.18. The van der Waals surface area contributed by atoms with Crippen molar-refractivity contribution in [2.75, 3.05) is 0 Å². The molecule has 0 saturated heterocycles. The molecule has 1 heterocycles. The average molecular weight is 313 g/mol. The molecule has 8 heteroatoms. The molecule has 1 aromatic heterocycles. The summed E-state index contributed by atoms with van der Waals surface area (Å²) in [4.78, 5) is 15.1. The lowest BCUT2D eigenvalue weighted by atomic mass is 10.2. The molecule has 0 unspecified atom stereocenters. The van der Waals surface area contributed by atoms with Gasteiger partial charge in [0, 0.05) is 41.9 Å². The lowest BCUT2D eigenvalue weighted by molar-refractivity contribution is -0.387. The Hall–Kier alpha value is -1.93. The second kappa shape index (κ2) is 6.68. The second-order valence-corrected chi connectivity index (χ2v) is 5.53. The van der Waals surface area contributed by atoms with E-state index in [2.05, 4.69) is 10.3 Å². The molecule has 0 fully saturated rings. The summed E-state index contributed by atoms with van der Waals surface area (Å²) in [6.45, 7) is 2.51. The number of hydrogen-bond donors (Lipinski definition) is 1. The molecule has 1 N–H and O–H groups in total. The third-order valence-corrected chi connectivity index (χ3v) is 4.00. The van der Waals surface area contributed by atoms with Crippen LogP contribution in [0.15, 0.2) is 18.3 Å². The van der Waals surface area contributed by atoms with E-state index in [0.29, 0.717) is 12.6 Å². The molecule has 0 atom stereocenters. The number of hydrogen-bond acceptors (Lipinski definition) is 5. The van der Waals surface area contributed by atoms with E-state index < -0.39 is 22.2 Å². The van der Waals surface area contributed by atoms with Crippen LogP contribution in [0, 0.1) is 21.7 Å². The Balaban J connectivity index is 2.02. The number of nitro benzene ring substituents is 1. The smallest absolute Gasteiger partial charge is 0.305 e. The molecule has 1 aromatic carbocycles. The molecule has 0 spiro atoms. The van der Waals surface area contributed by atoms with Gasteiger partial charge in [-0.3, -0.25) is 10.1 Å². The van der Waals surface area contributed by atoms with Crippen molar-refractivity contribution in [2.45, 2.75) is 26.4 Å². The van der Waals surface area contributed by atoms with E-state index in [9.17, 15) is 18.9 Å². The van der Waals surface area contributed by atoms with Gasteiger partial charge in [0.25, 0.3) is 0 Å². The molecule has 0 radical (unpaired) electrons. The van der Waals surface area contributed by atoms with Crippen LogP contribution in [0.1, 0.15) is 22.4 Å². The number of halogens is 2. The molecular formula is C13H13F2N3O2S. The van der Waals surface area contributed by atoms with Crippen LogP contribution >= 0.6 is 11.3 Å². The first-order valence-electron chi connectivity index (χ1n) is 6.28. The van der Waals surface area contributed by atoms with Crippen molar-refractivity contribution in [3.63, 3.8) is 0 Å². The highest BCUT2D eigenvalue weighted by atomic mass is 32.1. The van der Waals surface area contributed by atoms with Gasteiger partial charge in [-0.05, 0) is 6.42 Å². The summed E-state index contributed by atoms with van der Waals surface area (Å²) in [7, 11) is 0. The van der Waals surface area contributed by atoms with Crippen LogP contribution in [-0.4, -0.2) is 9.91 Å². The SMILES string of the molecule is CCc1cnc(CNCc2cc([N+](=O)[O-])c(F)cc2F)s1. The van der Waals surface area contributed by atoms with E-state index in [0.717, 1.165) is 22.4 Å². The van der Waals surface area contributed by atoms with Crippen molar-refractivity contribution in [1.82, 2.24) is 10.3 Å². The molecule has 0 aliphatic rings. The molecule has 0 aliphatic carbocycles. The number of aromatic nitrogens is 1. The van der Waals surface area contributed by atoms with E-state index in [4.69, 9.17) is 0 Å². The summed E-state index contributed by atoms with van der Waals surface area (Å²) in [6.07, 6.45) is 2.68. The largest absolute Gasteiger partial charge is 0.306 e. The van der Waals surface area contributed by atoms with Crippen molar-refractivity contribution in [1.29, 1.82) is 0 Å². The van der Waals surface area contributed by atoms with Gasteiger partial charge in [0.1, 0.15) is 10.8 Å². The normalized spacial score (nSPS) is 10.8. The zero-order valence-corrected chi connectivity index (χ0v) is 12.0. The standard InChI is InChI=1S/C13H13F2N3O2S/c1-2-9-6-17-13(21-9)7-16-5-8-3-12(18(19)20)11(15)4-10(8)14/h3-4,6,16H,2,5,7H2,1H3. The maximum atomic E-state index is 13.6. The monoisotopic (exact) mass is 313 g/mol. The van der Waals surface area contributed by atoms with Crippen LogP contribution < -0.4 is 5.32 Å². The van der Waals surface area contributed by atoms with E-state index in [1.807, 2.05) is 6.92 Å². The molecule has 0 bridgehead atoms. The quantitative estimate of drug-likeness (QED) is 0.657. The fourth-order valence-corrected chi connectivity index (χ4v) is 2.59. The Bertz CT molecular complexity index is 661. The molecule has 0 aliphatic heterocycles. The fourth-order valence-electron chi connectivity index (χ4n) is 1.75. The van der Waals surface area contributed by atoms with Crippen LogP contribution in [0.4, 0.5) is 14.5 Å². The predicted molar refractivity (Wildman–Crippen MR) is 75.0 cm³/mol. The Kier molecular flexibility index (Phi) is 4.92. The van der Waals surface area contributed by atoms with Gasteiger partial charge < -0.3 is 5.32 Å². The number of rotatable bonds is 6.